The van der Waals surface area contributed by atoms with Crippen molar-refractivity contribution in [2.75, 3.05) is 17.2 Å². The van der Waals surface area contributed by atoms with Crippen LogP contribution in [-0.2, 0) is 14.3 Å². The maximum absolute atomic E-state index is 12.5. The number of ether oxygens (including phenoxy) is 1. The topological polar surface area (TPSA) is 102 Å². The predicted octanol–water partition coefficient (Wildman–Crippen LogP) is 4.82. The molecule has 3 aromatic rings. The van der Waals surface area contributed by atoms with Gasteiger partial charge in [0.1, 0.15) is 0 Å². The molecule has 0 fully saturated rings. The van der Waals surface area contributed by atoms with Crippen molar-refractivity contribution in [3.8, 4) is 0 Å². The molecule has 1 unspecified atom stereocenters. The molecule has 1 aliphatic rings. The molecule has 0 spiro atoms. The number of Topliss-reactive ketones (excluding diaryl/α,β-unsaturated/α-hetero) is 1. The number of carbonyl (C=O) groups is 4. The van der Waals surface area contributed by atoms with E-state index in [4.69, 9.17) is 16.3 Å². The van der Waals surface area contributed by atoms with E-state index in [9.17, 15) is 19.2 Å². The SMILES string of the molecule is O=C(CC1Sc2ccccc2NC1=O)Nc1ccc(C(=O)OCC(=O)c2ccccc2Cl)cc1. The Kier molecular flexibility index (Phi) is 7.30. The van der Waals surface area contributed by atoms with Crippen LogP contribution in [0.4, 0.5) is 11.4 Å². The third kappa shape index (κ3) is 5.65. The summed E-state index contributed by atoms with van der Waals surface area (Å²) < 4.78 is 5.08. The summed E-state index contributed by atoms with van der Waals surface area (Å²) in [5.41, 5.74) is 1.72. The van der Waals surface area contributed by atoms with Crippen molar-refractivity contribution in [2.45, 2.75) is 16.6 Å². The van der Waals surface area contributed by atoms with Gasteiger partial charge in [0, 0.05) is 22.6 Å². The molecule has 0 saturated carbocycles. The molecule has 9 heteroatoms. The standard InChI is InChI=1S/C25H19ClN2O5S/c26-18-6-2-1-5-17(18)20(29)14-33-25(32)15-9-11-16(12-10-15)27-23(30)13-22-24(31)28-19-7-3-4-8-21(19)34-22/h1-12,22H,13-14H2,(H,27,30)(H,28,31). The Morgan fingerprint density at radius 2 is 1.68 bits per heavy atom. The van der Waals surface area contributed by atoms with Crippen molar-refractivity contribution in [3.63, 3.8) is 0 Å². The molecule has 0 bridgehead atoms. The minimum atomic E-state index is -0.674. The fourth-order valence-corrected chi connectivity index (χ4v) is 4.63. The number of hydrogen-bond donors (Lipinski definition) is 2. The maximum Gasteiger partial charge on any atom is 0.338 e. The zero-order chi connectivity index (χ0) is 24.1. The summed E-state index contributed by atoms with van der Waals surface area (Å²) in [7, 11) is 0. The van der Waals surface area contributed by atoms with E-state index in [1.165, 1.54) is 23.9 Å². The van der Waals surface area contributed by atoms with Gasteiger partial charge >= 0.3 is 5.97 Å². The summed E-state index contributed by atoms with van der Waals surface area (Å²) >= 11 is 7.33. The second kappa shape index (κ2) is 10.5. The first-order valence-corrected chi connectivity index (χ1v) is 11.6. The van der Waals surface area contributed by atoms with Crippen LogP contribution in [0.3, 0.4) is 0 Å². The summed E-state index contributed by atoms with van der Waals surface area (Å²) in [4.78, 5) is 50.1. The molecular formula is C25H19ClN2O5S. The average Bonchev–Trinajstić information content (AvgIpc) is 2.83. The molecule has 34 heavy (non-hydrogen) atoms. The van der Waals surface area contributed by atoms with Gasteiger partial charge in [0.25, 0.3) is 0 Å². The number of hydrogen-bond acceptors (Lipinski definition) is 6. The minimum absolute atomic E-state index is 0.00121. The van der Waals surface area contributed by atoms with Crippen molar-refractivity contribution in [1.29, 1.82) is 0 Å². The van der Waals surface area contributed by atoms with Gasteiger partial charge < -0.3 is 15.4 Å². The highest BCUT2D eigenvalue weighted by Gasteiger charge is 2.28. The van der Waals surface area contributed by atoms with Gasteiger partial charge in [-0.3, -0.25) is 14.4 Å². The van der Waals surface area contributed by atoms with Gasteiger partial charge in [-0.25, -0.2) is 4.79 Å². The summed E-state index contributed by atoms with van der Waals surface area (Å²) in [6.07, 6.45) is -0.00121. The van der Waals surface area contributed by atoms with E-state index in [0.29, 0.717) is 5.69 Å². The monoisotopic (exact) mass is 494 g/mol. The first-order valence-electron chi connectivity index (χ1n) is 10.3. The summed E-state index contributed by atoms with van der Waals surface area (Å²) in [6.45, 7) is -0.439. The Morgan fingerprint density at radius 1 is 0.971 bits per heavy atom. The number of thioether (sulfide) groups is 1. The largest absolute Gasteiger partial charge is 0.454 e. The number of rotatable bonds is 7. The smallest absolute Gasteiger partial charge is 0.338 e. The average molecular weight is 495 g/mol. The van der Waals surface area contributed by atoms with E-state index in [2.05, 4.69) is 10.6 Å². The second-order valence-electron chi connectivity index (χ2n) is 7.40. The zero-order valence-electron chi connectivity index (χ0n) is 17.7. The van der Waals surface area contributed by atoms with E-state index in [1.807, 2.05) is 24.3 Å². The van der Waals surface area contributed by atoms with Crippen molar-refractivity contribution in [1.82, 2.24) is 0 Å². The molecule has 2 amide bonds. The Morgan fingerprint density at radius 3 is 2.44 bits per heavy atom. The van der Waals surface area contributed by atoms with Gasteiger partial charge in [-0.15, -0.1) is 11.8 Å². The molecule has 7 nitrogen and oxygen atoms in total. The molecule has 1 aliphatic heterocycles. The van der Waals surface area contributed by atoms with Crippen LogP contribution in [0.2, 0.25) is 5.02 Å². The lowest BCUT2D eigenvalue weighted by molar-refractivity contribution is -0.120. The van der Waals surface area contributed by atoms with Gasteiger partial charge in [0.15, 0.2) is 6.61 Å². The molecule has 1 heterocycles. The number of fused-ring (bicyclic) bond motifs is 1. The Labute approximate surface area is 204 Å². The normalized spacial score (nSPS) is 14.5. The van der Waals surface area contributed by atoms with Crippen molar-refractivity contribution < 1.29 is 23.9 Å². The lowest BCUT2D eigenvalue weighted by Crippen LogP contribution is -2.32. The van der Waals surface area contributed by atoms with Gasteiger partial charge in [0.05, 0.1) is 21.5 Å². The van der Waals surface area contributed by atoms with Crippen LogP contribution in [0.1, 0.15) is 27.1 Å². The van der Waals surface area contributed by atoms with Crippen LogP contribution in [0.5, 0.6) is 0 Å². The van der Waals surface area contributed by atoms with Crippen molar-refractivity contribution in [3.05, 3.63) is 88.9 Å². The van der Waals surface area contributed by atoms with Gasteiger partial charge in [0.2, 0.25) is 17.6 Å². The van der Waals surface area contributed by atoms with Crippen LogP contribution >= 0.6 is 23.4 Å². The molecule has 0 aliphatic carbocycles. The Bertz CT molecular complexity index is 1260. The van der Waals surface area contributed by atoms with E-state index in [0.717, 1.165) is 10.6 Å². The zero-order valence-corrected chi connectivity index (χ0v) is 19.3. The third-order valence-corrected chi connectivity index (χ3v) is 6.60. The number of benzene rings is 3. The highest BCUT2D eigenvalue weighted by Crippen LogP contribution is 2.36. The maximum atomic E-state index is 12.5. The van der Waals surface area contributed by atoms with Gasteiger partial charge in [-0.1, -0.05) is 35.9 Å². The minimum Gasteiger partial charge on any atom is -0.454 e. The van der Waals surface area contributed by atoms with Crippen LogP contribution in [0.15, 0.2) is 77.7 Å². The fourth-order valence-electron chi connectivity index (χ4n) is 3.28. The Hall–Kier alpha value is -3.62. The van der Waals surface area contributed by atoms with E-state index in [1.54, 1.807) is 36.4 Å². The van der Waals surface area contributed by atoms with Crippen LogP contribution in [0, 0.1) is 0 Å². The lowest BCUT2D eigenvalue weighted by atomic mass is 10.1. The molecule has 172 valence electrons. The molecule has 2 N–H and O–H groups in total. The van der Waals surface area contributed by atoms with Crippen LogP contribution in [-0.4, -0.2) is 35.4 Å². The van der Waals surface area contributed by atoms with E-state index in [-0.39, 0.29) is 34.4 Å². The van der Waals surface area contributed by atoms with E-state index >= 15 is 0 Å². The first-order chi connectivity index (χ1) is 16.4. The summed E-state index contributed by atoms with van der Waals surface area (Å²) in [5, 5.41) is 5.28. The van der Waals surface area contributed by atoms with Gasteiger partial charge in [-0.05, 0) is 48.5 Å². The molecule has 0 aromatic heterocycles. The number of amides is 2. The van der Waals surface area contributed by atoms with Crippen molar-refractivity contribution in [2.24, 2.45) is 0 Å². The fraction of sp³-hybridized carbons (Fsp3) is 0.120. The number of esters is 1. The Balaban J connectivity index is 1.29. The molecule has 0 radical (unpaired) electrons. The van der Waals surface area contributed by atoms with Gasteiger partial charge in [-0.2, -0.15) is 0 Å². The summed E-state index contributed by atoms with van der Waals surface area (Å²) in [6, 6.07) is 20.0. The molecular weight excluding hydrogens is 476 g/mol. The highest BCUT2D eigenvalue weighted by molar-refractivity contribution is 8.01. The number of nitrogens with one attached hydrogen (secondary N) is 2. The number of halogens is 1. The van der Waals surface area contributed by atoms with Crippen LogP contribution in [0.25, 0.3) is 0 Å². The number of anilines is 2. The molecule has 1 atom stereocenters. The quantitative estimate of drug-likeness (QED) is 0.360. The second-order valence-corrected chi connectivity index (χ2v) is 9.05. The van der Waals surface area contributed by atoms with E-state index < -0.39 is 23.6 Å². The number of ketones is 1. The van der Waals surface area contributed by atoms with Crippen LogP contribution < -0.4 is 10.6 Å². The van der Waals surface area contributed by atoms with Crippen molar-refractivity contribution >= 4 is 58.3 Å². The number of para-hydroxylation sites is 1. The number of carbonyl (C=O) groups excluding carboxylic acids is 4. The molecule has 4 rings (SSSR count). The lowest BCUT2D eigenvalue weighted by Gasteiger charge is -2.23. The first kappa shape index (κ1) is 23.5. The molecule has 0 saturated heterocycles. The molecule has 3 aromatic carbocycles. The predicted molar refractivity (Wildman–Crippen MR) is 130 cm³/mol. The summed E-state index contributed by atoms with van der Waals surface area (Å²) in [5.74, 6) is -1.63. The third-order valence-electron chi connectivity index (χ3n) is 4.99. The highest BCUT2D eigenvalue weighted by atomic mass is 35.5.